The molecule has 0 amide bonds. The Balaban J connectivity index is 1.85. The Bertz CT molecular complexity index is 479. The molecule has 3 heteroatoms. The maximum atomic E-state index is 3.55. The highest BCUT2D eigenvalue weighted by atomic mass is 32.2. The van der Waals surface area contributed by atoms with Crippen LogP contribution in [0.2, 0.25) is 0 Å². The van der Waals surface area contributed by atoms with Gasteiger partial charge in [-0.05, 0) is 47.0 Å². The highest BCUT2D eigenvalue weighted by Gasteiger charge is 2.03. The average molecular weight is 291 g/mol. The summed E-state index contributed by atoms with van der Waals surface area (Å²) in [6.07, 6.45) is 2.17. The van der Waals surface area contributed by atoms with Crippen LogP contribution in [-0.2, 0) is 6.54 Å². The number of benzene rings is 1. The molecule has 1 aromatic carbocycles. The van der Waals surface area contributed by atoms with E-state index in [1.165, 1.54) is 21.8 Å². The first-order valence-electron chi connectivity index (χ1n) is 6.62. The van der Waals surface area contributed by atoms with Gasteiger partial charge in [-0.15, -0.1) is 11.3 Å². The molecule has 1 atom stereocenters. The van der Waals surface area contributed by atoms with Crippen LogP contribution in [-0.4, -0.2) is 18.6 Å². The summed E-state index contributed by atoms with van der Waals surface area (Å²) in [6, 6.07) is 12.9. The van der Waals surface area contributed by atoms with E-state index in [4.69, 9.17) is 0 Å². The van der Waals surface area contributed by atoms with Crippen LogP contribution in [0.25, 0.3) is 11.1 Å². The summed E-state index contributed by atoms with van der Waals surface area (Å²) in [5.74, 6) is 1.97. The molecular weight excluding hydrogens is 270 g/mol. The number of thioether (sulfide) groups is 1. The Labute approximate surface area is 124 Å². The quantitative estimate of drug-likeness (QED) is 0.806. The van der Waals surface area contributed by atoms with Crippen molar-refractivity contribution in [2.75, 3.05) is 18.6 Å². The standard InChI is InChI=1S/C16H21NS2/c1-13(11-18-2)9-17-10-16-8-15(12-19-16)14-6-4-3-5-7-14/h3-8,12-13,17H,9-11H2,1-2H3. The maximum Gasteiger partial charge on any atom is 0.0300 e. The molecule has 0 aliphatic carbocycles. The summed E-state index contributed by atoms with van der Waals surface area (Å²) < 4.78 is 0. The zero-order valence-corrected chi connectivity index (χ0v) is 13.2. The maximum absolute atomic E-state index is 3.55. The van der Waals surface area contributed by atoms with Crippen molar-refractivity contribution >= 4 is 23.1 Å². The van der Waals surface area contributed by atoms with Gasteiger partial charge < -0.3 is 5.32 Å². The van der Waals surface area contributed by atoms with Gasteiger partial charge in [0.2, 0.25) is 0 Å². The first kappa shape index (κ1) is 14.6. The fraction of sp³-hybridized carbons (Fsp3) is 0.375. The molecular formula is C16H21NS2. The van der Waals surface area contributed by atoms with Gasteiger partial charge in [0.05, 0.1) is 0 Å². The number of nitrogens with one attached hydrogen (secondary N) is 1. The summed E-state index contributed by atoms with van der Waals surface area (Å²) >= 11 is 3.76. The van der Waals surface area contributed by atoms with E-state index in [2.05, 4.69) is 60.3 Å². The minimum absolute atomic E-state index is 0.739. The van der Waals surface area contributed by atoms with Crippen LogP contribution in [0.3, 0.4) is 0 Å². The number of hydrogen-bond acceptors (Lipinski definition) is 3. The SMILES string of the molecule is CSCC(C)CNCc1cc(-c2ccccc2)cs1. The van der Waals surface area contributed by atoms with Crippen LogP contribution in [0.15, 0.2) is 41.8 Å². The Morgan fingerprint density at radius 1 is 1.21 bits per heavy atom. The Kier molecular flexibility index (Phi) is 5.95. The molecule has 0 bridgehead atoms. The molecule has 1 unspecified atom stereocenters. The van der Waals surface area contributed by atoms with Crippen molar-refractivity contribution < 1.29 is 0 Å². The molecule has 1 heterocycles. The second-order valence-electron chi connectivity index (χ2n) is 4.86. The monoisotopic (exact) mass is 291 g/mol. The molecule has 19 heavy (non-hydrogen) atoms. The molecule has 0 spiro atoms. The van der Waals surface area contributed by atoms with Gasteiger partial charge in [0.25, 0.3) is 0 Å². The van der Waals surface area contributed by atoms with Crippen LogP contribution < -0.4 is 5.32 Å². The summed E-state index contributed by atoms with van der Waals surface area (Å²) in [6.45, 7) is 4.38. The molecule has 1 N–H and O–H groups in total. The first-order valence-corrected chi connectivity index (χ1v) is 8.89. The van der Waals surface area contributed by atoms with Gasteiger partial charge in [0.1, 0.15) is 0 Å². The fourth-order valence-corrected chi connectivity index (χ4v) is 3.59. The topological polar surface area (TPSA) is 12.0 Å². The third-order valence-corrected chi connectivity index (χ3v) is 4.84. The molecule has 2 rings (SSSR count). The number of hydrogen-bond donors (Lipinski definition) is 1. The highest BCUT2D eigenvalue weighted by molar-refractivity contribution is 7.98. The summed E-state index contributed by atoms with van der Waals surface area (Å²) in [5, 5.41) is 5.80. The van der Waals surface area contributed by atoms with Gasteiger partial charge in [0.15, 0.2) is 0 Å². The summed E-state index contributed by atoms with van der Waals surface area (Å²) in [5.41, 5.74) is 2.64. The van der Waals surface area contributed by atoms with Crippen molar-refractivity contribution in [1.29, 1.82) is 0 Å². The second-order valence-corrected chi connectivity index (χ2v) is 6.77. The van der Waals surface area contributed by atoms with Gasteiger partial charge in [0, 0.05) is 11.4 Å². The lowest BCUT2D eigenvalue weighted by molar-refractivity contribution is 0.562. The van der Waals surface area contributed by atoms with Gasteiger partial charge in [-0.2, -0.15) is 11.8 Å². The summed E-state index contributed by atoms with van der Waals surface area (Å²) in [7, 11) is 0. The molecule has 1 nitrogen and oxygen atoms in total. The van der Waals surface area contributed by atoms with E-state index in [-0.39, 0.29) is 0 Å². The van der Waals surface area contributed by atoms with E-state index in [0.29, 0.717) is 0 Å². The minimum atomic E-state index is 0.739. The van der Waals surface area contributed by atoms with E-state index in [0.717, 1.165) is 19.0 Å². The molecule has 0 saturated carbocycles. The molecule has 102 valence electrons. The predicted octanol–water partition coefficient (Wildman–Crippen LogP) is 4.50. The molecule has 0 fully saturated rings. The van der Waals surface area contributed by atoms with E-state index in [1.807, 2.05) is 23.1 Å². The Morgan fingerprint density at radius 3 is 2.74 bits per heavy atom. The van der Waals surface area contributed by atoms with E-state index >= 15 is 0 Å². The minimum Gasteiger partial charge on any atom is -0.312 e. The van der Waals surface area contributed by atoms with E-state index < -0.39 is 0 Å². The Morgan fingerprint density at radius 2 is 2.00 bits per heavy atom. The number of rotatable bonds is 7. The zero-order valence-electron chi connectivity index (χ0n) is 11.6. The third kappa shape index (κ3) is 4.68. The predicted molar refractivity (Wildman–Crippen MR) is 89.0 cm³/mol. The van der Waals surface area contributed by atoms with Crippen LogP contribution in [0.4, 0.5) is 0 Å². The van der Waals surface area contributed by atoms with Crippen LogP contribution in [0, 0.1) is 5.92 Å². The highest BCUT2D eigenvalue weighted by Crippen LogP contribution is 2.25. The van der Waals surface area contributed by atoms with Gasteiger partial charge in [-0.25, -0.2) is 0 Å². The molecule has 0 aliphatic rings. The smallest absolute Gasteiger partial charge is 0.0300 e. The largest absolute Gasteiger partial charge is 0.312 e. The van der Waals surface area contributed by atoms with Crippen molar-refractivity contribution in [2.24, 2.45) is 5.92 Å². The lowest BCUT2D eigenvalue weighted by Crippen LogP contribution is -2.21. The average Bonchev–Trinajstić information content (AvgIpc) is 2.89. The number of thiophene rings is 1. The molecule has 0 aliphatic heterocycles. The van der Waals surface area contributed by atoms with Crippen molar-refractivity contribution in [1.82, 2.24) is 5.32 Å². The van der Waals surface area contributed by atoms with Gasteiger partial charge in [-0.3, -0.25) is 0 Å². The van der Waals surface area contributed by atoms with Crippen molar-refractivity contribution in [3.05, 3.63) is 46.7 Å². The third-order valence-electron chi connectivity index (χ3n) is 3.00. The summed E-state index contributed by atoms with van der Waals surface area (Å²) in [4.78, 5) is 1.41. The van der Waals surface area contributed by atoms with E-state index in [9.17, 15) is 0 Å². The van der Waals surface area contributed by atoms with Crippen LogP contribution in [0.5, 0.6) is 0 Å². The van der Waals surface area contributed by atoms with Gasteiger partial charge in [-0.1, -0.05) is 37.3 Å². The Hall–Kier alpha value is -0.770. The van der Waals surface area contributed by atoms with Crippen LogP contribution >= 0.6 is 23.1 Å². The molecule has 2 aromatic rings. The van der Waals surface area contributed by atoms with Crippen LogP contribution in [0.1, 0.15) is 11.8 Å². The normalized spacial score (nSPS) is 12.5. The van der Waals surface area contributed by atoms with E-state index in [1.54, 1.807) is 0 Å². The zero-order chi connectivity index (χ0) is 13.5. The van der Waals surface area contributed by atoms with Crippen molar-refractivity contribution in [2.45, 2.75) is 13.5 Å². The fourth-order valence-electron chi connectivity index (χ4n) is 2.04. The second kappa shape index (κ2) is 7.73. The molecule has 0 saturated heterocycles. The van der Waals surface area contributed by atoms with Crippen molar-refractivity contribution in [3.63, 3.8) is 0 Å². The first-order chi connectivity index (χ1) is 9.29. The van der Waals surface area contributed by atoms with Gasteiger partial charge >= 0.3 is 0 Å². The van der Waals surface area contributed by atoms with Crippen molar-refractivity contribution in [3.8, 4) is 11.1 Å². The lowest BCUT2D eigenvalue weighted by Gasteiger charge is -2.10. The lowest BCUT2D eigenvalue weighted by atomic mass is 10.1. The molecule has 0 radical (unpaired) electrons. The molecule has 1 aromatic heterocycles.